The average Bonchev–Trinajstić information content (AvgIpc) is 3.48. The van der Waals surface area contributed by atoms with Crippen LogP contribution in [0.15, 0.2) is 48.9 Å². The van der Waals surface area contributed by atoms with E-state index in [1.807, 2.05) is 12.1 Å². The SMILES string of the molecule is COCC1CCCN1c1ccc(-c2nc3cc(C(F)(F)F)cnc3n2-c2ccc(OC)nc2)nc1. The Morgan fingerprint density at radius 1 is 1.00 bits per heavy atom. The van der Waals surface area contributed by atoms with Crippen molar-refractivity contribution >= 4 is 16.9 Å². The fourth-order valence-corrected chi connectivity index (χ4v) is 4.39. The Hall–Kier alpha value is -3.73. The first kappa shape index (κ1) is 23.0. The summed E-state index contributed by atoms with van der Waals surface area (Å²) in [6.45, 7) is 1.55. The molecular formula is C24H23F3N6O2. The number of nitrogens with zero attached hydrogens (tertiary/aromatic N) is 6. The zero-order valence-corrected chi connectivity index (χ0v) is 19.2. The number of rotatable bonds is 6. The molecule has 1 saturated heterocycles. The van der Waals surface area contributed by atoms with Gasteiger partial charge >= 0.3 is 6.18 Å². The smallest absolute Gasteiger partial charge is 0.417 e. The molecule has 11 heteroatoms. The lowest BCUT2D eigenvalue weighted by Crippen LogP contribution is -2.32. The highest BCUT2D eigenvalue weighted by Crippen LogP contribution is 2.33. The molecule has 0 radical (unpaired) electrons. The molecule has 8 nitrogen and oxygen atoms in total. The van der Waals surface area contributed by atoms with E-state index in [4.69, 9.17) is 9.47 Å². The van der Waals surface area contributed by atoms with Gasteiger partial charge in [0.25, 0.3) is 0 Å². The van der Waals surface area contributed by atoms with Crippen LogP contribution >= 0.6 is 0 Å². The molecule has 0 spiro atoms. The molecule has 5 rings (SSSR count). The minimum Gasteiger partial charge on any atom is -0.481 e. The third kappa shape index (κ3) is 4.39. The van der Waals surface area contributed by atoms with Gasteiger partial charge in [0.1, 0.15) is 11.2 Å². The standard InChI is InChI=1S/C24H23F3N6O2/c1-34-14-18-4-3-9-32(18)16-5-7-19(28-12-16)23-31-20-10-15(24(25,26)27)11-30-22(20)33(23)17-6-8-21(35-2)29-13-17/h5-8,10-13,18H,3-4,9,14H2,1-2H3. The normalized spacial score (nSPS) is 16.3. The Bertz CT molecular complexity index is 1320. The van der Waals surface area contributed by atoms with Gasteiger partial charge in [-0.1, -0.05) is 0 Å². The van der Waals surface area contributed by atoms with Crippen molar-refractivity contribution in [3.05, 3.63) is 54.5 Å². The Kier molecular flexibility index (Phi) is 6.01. The van der Waals surface area contributed by atoms with E-state index >= 15 is 0 Å². The molecule has 0 aliphatic carbocycles. The minimum atomic E-state index is -4.53. The third-order valence-electron chi connectivity index (χ3n) is 6.06. The number of anilines is 1. The first-order valence-electron chi connectivity index (χ1n) is 11.1. The van der Waals surface area contributed by atoms with Gasteiger partial charge < -0.3 is 14.4 Å². The predicted molar refractivity (Wildman–Crippen MR) is 124 cm³/mol. The largest absolute Gasteiger partial charge is 0.481 e. The van der Waals surface area contributed by atoms with Gasteiger partial charge in [-0.25, -0.2) is 15.0 Å². The molecule has 1 fully saturated rings. The number of pyridine rings is 3. The van der Waals surface area contributed by atoms with Crippen LogP contribution in [0.3, 0.4) is 0 Å². The monoisotopic (exact) mass is 484 g/mol. The van der Waals surface area contributed by atoms with Crippen molar-refractivity contribution < 1.29 is 22.6 Å². The molecule has 1 unspecified atom stereocenters. The second-order valence-corrected chi connectivity index (χ2v) is 8.24. The van der Waals surface area contributed by atoms with E-state index in [2.05, 4.69) is 24.8 Å². The zero-order chi connectivity index (χ0) is 24.6. The van der Waals surface area contributed by atoms with Gasteiger partial charge in [0.15, 0.2) is 11.5 Å². The molecule has 4 aromatic rings. The minimum absolute atomic E-state index is 0.108. The summed E-state index contributed by atoms with van der Waals surface area (Å²) in [7, 11) is 3.19. The average molecular weight is 484 g/mol. The van der Waals surface area contributed by atoms with Crippen LogP contribution in [0.5, 0.6) is 5.88 Å². The lowest BCUT2D eigenvalue weighted by atomic mass is 10.2. The second kappa shape index (κ2) is 9.14. The number of fused-ring (bicyclic) bond motifs is 1. The zero-order valence-electron chi connectivity index (χ0n) is 19.2. The Morgan fingerprint density at radius 2 is 1.80 bits per heavy atom. The number of hydrogen-bond donors (Lipinski definition) is 0. The third-order valence-corrected chi connectivity index (χ3v) is 6.06. The predicted octanol–water partition coefficient (Wildman–Crippen LogP) is 4.52. The highest BCUT2D eigenvalue weighted by atomic mass is 19.4. The lowest BCUT2D eigenvalue weighted by Gasteiger charge is -2.26. The molecule has 1 aliphatic rings. The van der Waals surface area contributed by atoms with Crippen LogP contribution in [0.4, 0.5) is 18.9 Å². The summed E-state index contributed by atoms with van der Waals surface area (Å²) in [5.41, 5.74) is 1.54. The van der Waals surface area contributed by atoms with Gasteiger partial charge in [0, 0.05) is 25.9 Å². The van der Waals surface area contributed by atoms with Crippen molar-refractivity contribution in [3.63, 3.8) is 0 Å². The number of halogens is 3. The maximum Gasteiger partial charge on any atom is 0.417 e. The summed E-state index contributed by atoms with van der Waals surface area (Å²) in [6, 6.07) is 8.44. The summed E-state index contributed by atoms with van der Waals surface area (Å²) in [5, 5.41) is 0. The summed E-state index contributed by atoms with van der Waals surface area (Å²) in [5.74, 6) is 0.769. The Labute approximate surface area is 199 Å². The molecule has 182 valence electrons. The maximum absolute atomic E-state index is 13.3. The lowest BCUT2D eigenvalue weighted by molar-refractivity contribution is -0.137. The highest BCUT2D eigenvalue weighted by Gasteiger charge is 2.32. The van der Waals surface area contributed by atoms with Crippen molar-refractivity contribution in [3.8, 4) is 23.1 Å². The van der Waals surface area contributed by atoms with Crippen molar-refractivity contribution in [2.75, 3.05) is 32.3 Å². The van der Waals surface area contributed by atoms with Gasteiger partial charge in [0.2, 0.25) is 5.88 Å². The van der Waals surface area contributed by atoms with Crippen LogP contribution in [0.1, 0.15) is 18.4 Å². The molecule has 0 aromatic carbocycles. The van der Waals surface area contributed by atoms with Crippen LogP contribution in [-0.2, 0) is 10.9 Å². The maximum atomic E-state index is 13.3. The quantitative estimate of drug-likeness (QED) is 0.398. The van der Waals surface area contributed by atoms with Crippen molar-refractivity contribution in [1.82, 2.24) is 24.5 Å². The summed E-state index contributed by atoms with van der Waals surface area (Å²) >= 11 is 0. The Morgan fingerprint density at radius 3 is 2.46 bits per heavy atom. The number of methoxy groups -OCH3 is 2. The highest BCUT2D eigenvalue weighted by molar-refractivity contribution is 5.80. The van der Waals surface area contributed by atoms with Gasteiger partial charge in [-0.15, -0.1) is 0 Å². The molecule has 35 heavy (non-hydrogen) atoms. The van der Waals surface area contributed by atoms with Gasteiger partial charge in [0.05, 0.1) is 49.1 Å². The summed E-state index contributed by atoms with van der Waals surface area (Å²) in [6.07, 6.45) is 1.71. The molecule has 0 N–H and O–H groups in total. The van der Waals surface area contributed by atoms with Crippen LogP contribution < -0.4 is 9.64 Å². The number of ether oxygens (including phenoxy) is 2. The van der Waals surface area contributed by atoms with Gasteiger partial charge in [-0.3, -0.25) is 9.55 Å². The van der Waals surface area contributed by atoms with Gasteiger partial charge in [-0.05, 0) is 37.1 Å². The number of hydrogen-bond acceptors (Lipinski definition) is 7. The number of alkyl halides is 3. The van der Waals surface area contributed by atoms with E-state index in [0.29, 0.717) is 29.7 Å². The van der Waals surface area contributed by atoms with E-state index in [1.54, 1.807) is 36.2 Å². The molecule has 0 saturated carbocycles. The van der Waals surface area contributed by atoms with Crippen molar-refractivity contribution in [2.24, 2.45) is 0 Å². The first-order valence-corrected chi connectivity index (χ1v) is 11.1. The van der Waals surface area contributed by atoms with Crippen molar-refractivity contribution in [2.45, 2.75) is 25.1 Å². The molecular weight excluding hydrogens is 461 g/mol. The van der Waals surface area contributed by atoms with E-state index < -0.39 is 11.7 Å². The van der Waals surface area contributed by atoms with Crippen LogP contribution in [0, 0.1) is 0 Å². The Balaban J connectivity index is 1.60. The second-order valence-electron chi connectivity index (χ2n) is 8.24. The van der Waals surface area contributed by atoms with Gasteiger partial charge in [-0.2, -0.15) is 13.2 Å². The number of aromatic nitrogens is 5. The fourth-order valence-electron chi connectivity index (χ4n) is 4.39. The van der Waals surface area contributed by atoms with Crippen molar-refractivity contribution in [1.29, 1.82) is 0 Å². The summed E-state index contributed by atoms with van der Waals surface area (Å²) < 4.78 is 52.0. The molecule has 5 heterocycles. The molecule has 1 aliphatic heterocycles. The molecule has 0 amide bonds. The fraction of sp³-hybridized carbons (Fsp3) is 0.333. The molecule has 0 bridgehead atoms. The summed E-state index contributed by atoms with van der Waals surface area (Å²) in [4.78, 5) is 19.7. The molecule has 1 atom stereocenters. The first-order chi connectivity index (χ1) is 16.9. The van der Waals surface area contributed by atoms with E-state index in [-0.39, 0.29) is 17.2 Å². The van der Waals surface area contributed by atoms with E-state index in [9.17, 15) is 13.2 Å². The van der Waals surface area contributed by atoms with E-state index in [0.717, 1.165) is 37.3 Å². The van der Waals surface area contributed by atoms with Crippen LogP contribution in [0.2, 0.25) is 0 Å². The van der Waals surface area contributed by atoms with Crippen LogP contribution in [0.25, 0.3) is 28.4 Å². The van der Waals surface area contributed by atoms with Crippen LogP contribution in [-0.4, -0.2) is 57.9 Å². The topological polar surface area (TPSA) is 78.2 Å². The molecule has 4 aromatic heterocycles. The number of imidazole rings is 1. The van der Waals surface area contributed by atoms with E-state index in [1.165, 1.54) is 7.11 Å².